The topological polar surface area (TPSA) is 81.8 Å². The first-order valence-electron chi connectivity index (χ1n) is 11.1. The average molecular weight is 476 g/mol. The Morgan fingerprint density at radius 1 is 1.16 bits per heavy atom. The first-order chi connectivity index (χ1) is 15.5. The van der Waals surface area contributed by atoms with Crippen LogP contribution in [-0.4, -0.2) is 37.5 Å². The number of aryl methyl sites for hydroxylation is 2. The highest BCUT2D eigenvalue weighted by molar-refractivity contribution is 7.99. The second kappa shape index (κ2) is 12.1. The molecule has 3 aromatic rings. The molecule has 0 saturated carbocycles. The molecule has 172 valence electrons. The third kappa shape index (κ3) is 6.59. The maximum absolute atomic E-state index is 13.1. The normalized spacial score (nSPS) is 11.2. The van der Waals surface area contributed by atoms with Crippen LogP contribution in [0.3, 0.4) is 0 Å². The van der Waals surface area contributed by atoms with Gasteiger partial charge in [0.1, 0.15) is 0 Å². The van der Waals surface area contributed by atoms with E-state index < -0.39 is 0 Å². The Kier molecular flexibility index (Phi) is 9.17. The van der Waals surface area contributed by atoms with Crippen LogP contribution in [0.15, 0.2) is 40.4 Å². The zero-order valence-electron chi connectivity index (χ0n) is 18.6. The van der Waals surface area contributed by atoms with Gasteiger partial charge in [0.25, 0.3) is 5.56 Å². The number of hydrogen-bond acceptors (Lipinski definition) is 5. The Balaban J connectivity index is 1.68. The molecule has 2 heterocycles. The highest BCUT2D eigenvalue weighted by atomic mass is 35.5. The smallest absolute Gasteiger partial charge is 0.262 e. The highest BCUT2D eigenvalue weighted by Gasteiger charge is 2.13. The molecule has 0 spiro atoms. The maximum Gasteiger partial charge on any atom is 0.262 e. The van der Waals surface area contributed by atoms with E-state index in [2.05, 4.69) is 22.3 Å². The monoisotopic (exact) mass is 475 g/mol. The van der Waals surface area contributed by atoms with Crippen LogP contribution in [0, 0.1) is 6.92 Å². The van der Waals surface area contributed by atoms with Crippen molar-refractivity contribution in [1.29, 1.82) is 0 Å². The number of thioether (sulfide) groups is 1. The van der Waals surface area contributed by atoms with Gasteiger partial charge in [-0.3, -0.25) is 18.8 Å². The van der Waals surface area contributed by atoms with Gasteiger partial charge in [-0.1, -0.05) is 61.7 Å². The number of benzene rings is 1. The summed E-state index contributed by atoms with van der Waals surface area (Å²) in [5, 5.41) is 9.09. The molecule has 0 atom stereocenters. The van der Waals surface area contributed by atoms with E-state index in [0.29, 0.717) is 47.1 Å². The molecule has 9 heteroatoms. The molecule has 2 aromatic heterocycles. The Hall–Kier alpha value is -2.32. The molecule has 7 nitrogen and oxygen atoms in total. The molecule has 0 radical (unpaired) electrons. The standard InChI is InChI=1S/C23H30ClN5O2S/c1-3-4-5-8-12-25-21(30)16-32-23-26-20-11-7-6-10-18(20)22(31)29(23)14-9-13-28-15-19(24)17(2)27-28/h6-7,10-11,15H,3-5,8-9,12-14,16H2,1-2H3,(H,25,30). The second-order valence-corrected chi connectivity index (χ2v) is 9.10. The summed E-state index contributed by atoms with van der Waals surface area (Å²) in [6.07, 6.45) is 6.94. The van der Waals surface area contributed by atoms with Gasteiger partial charge in [0.2, 0.25) is 5.91 Å². The Labute approximate surface area is 197 Å². The molecule has 0 aliphatic heterocycles. The first-order valence-corrected chi connectivity index (χ1v) is 12.4. The molecule has 0 aliphatic carbocycles. The number of unbranched alkanes of at least 4 members (excludes halogenated alkanes) is 3. The molecular weight excluding hydrogens is 446 g/mol. The SMILES string of the molecule is CCCCCCNC(=O)CSc1nc2ccccc2c(=O)n1CCCn1cc(Cl)c(C)n1. The van der Waals surface area contributed by atoms with E-state index in [0.717, 1.165) is 18.5 Å². The molecule has 1 amide bonds. The fraction of sp³-hybridized carbons (Fsp3) is 0.478. The third-order valence-electron chi connectivity index (χ3n) is 5.17. The molecule has 0 unspecified atom stereocenters. The van der Waals surface area contributed by atoms with Crippen LogP contribution in [0.5, 0.6) is 0 Å². The summed E-state index contributed by atoms with van der Waals surface area (Å²) < 4.78 is 3.45. The van der Waals surface area contributed by atoms with Gasteiger partial charge in [-0.2, -0.15) is 5.10 Å². The van der Waals surface area contributed by atoms with Crippen LogP contribution in [0.25, 0.3) is 10.9 Å². The van der Waals surface area contributed by atoms with Gasteiger partial charge in [-0.15, -0.1) is 0 Å². The number of para-hydroxylation sites is 1. The summed E-state index contributed by atoms with van der Waals surface area (Å²) in [4.78, 5) is 30.1. The quantitative estimate of drug-likeness (QED) is 0.238. The lowest BCUT2D eigenvalue weighted by Gasteiger charge is -2.13. The summed E-state index contributed by atoms with van der Waals surface area (Å²) in [6.45, 7) is 5.82. The second-order valence-electron chi connectivity index (χ2n) is 7.75. The number of halogens is 1. The molecule has 0 bridgehead atoms. The van der Waals surface area contributed by atoms with Gasteiger partial charge in [0, 0.05) is 25.8 Å². The van der Waals surface area contributed by atoms with Crippen molar-refractivity contribution in [2.24, 2.45) is 0 Å². The van der Waals surface area contributed by atoms with Crippen molar-refractivity contribution in [2.75, 3.05) is 12.3 Å². The van der Waals surface area contributed by atoms with E-state index >= 15 is 0 Å². The fourth-order valence-electron chi connectivity index (χ4n) is 3.41. The number of nitrogens with zero attached hydrogens (tertiary/aromatic N) is 4. The van der Waals surface area contributed by atoms with Crippen molar-refractivity contribution < 1.29 is 4.79 Å². The summed E-state index contributed by atoms with van der Waals surface area (Å²) >= 11 is 7.38. The molecule has 0 saturated heterocycles. The number of rotatable bonds is 12. The lowest BCUT2D eigenvalue weighted by molar-refractivity contribution is -0.118. The van der Waals surface area contributed by atoms with Crippen LogP contribution >= 0.6 is 23.4 Å². The molecule has 3 rings (SSSR count). The minimum absolute atomic E-state index is 0.0397. The summed E-state index contributed by atoms with van der Waals surface area (Å²) in [6, 6.07) is 7.31. The minimum atomic E-state index is -0.0900. The average Bonchev–Trinajstić information content (AvgIpc) is 3.11. The van der Waals surface area contributed by atoms with Gasteiger partial charge in [-0.25, -0.2) is 4.98 Å². The van der Waals surface area contributed by atoms with Crippen molar-refractivity contribution in [3.05, 3.63) is 51.5 Å². The van der Waals surface area contributed by atoms with Crippen molar-refractivity contribution in [3.8, 4) is 0 Å². The van der Waals surface area contributed by atoms with E-state index in [1.807, 2.05) is 25.1 Å². The van der Waals surface area contributed by atoms with Gasteiger partial charge < -0.3 is 5.32 Å². The number of amides is 1. The number of carbonyl (C=O) groups excluding carboxylic acids is 1. The predicted molar refractivity (Wildman–Crippen MR) is 130 cm³/mol. The van der Waals surface area contributed by atoms with Crippen molar-refractivity contribution >= 4 is 40.2 Å². The summed E-state index contributed by atoms with van der Waals surface area (Å²) in [5.74, 6) is 0.189. The predicted octanol–water partition coefficient (Wildman–Crippen LogP) is 4.43. The fourth-order valence-corrected chi connectivity index (χ4v) is 4.42. The van der Waals surface area contributed by atoms with Crippen molar-refractivity contribution in [2.45, 2.75) is 64.2 Å². The Morgan fingerprint density at radius 3 is 2.72 bits per heavy atom. The Bertz CT molecular complexity index is 1090. The number of fused-ring (bicyclic) bond motifs is 1. The van der Waals surface area contributed by atoms with Crippen LogP contribution in [0.2, 0.25) is 5.02 Å². The third-order valence-corrected chi connectivity index (χ3v) is 6.51. The van der Waals surface area contributed by atoms with Gasteiger partial charge >= 0.3 is 0 Å². The number of carbonyl (C=O) groups is 1. The molecule has 0 aliphatic rings. The van der Waals surface area contributed by atoms with Crippen LogP contribution in [0.1, 0.15) is 44.7 Å². The van der Waals surface area contributed by atoms with Crippen LogP contribution in [0.4, 0.5) is 0 Å². The van der Waals surface area contributed by atoms with Crippen LogP contribution < -0.4 is 10.9 Å². The number of aromatic nitrogens is 4. The summed E-state index contributed by atoms with van der Waals surface area (Å²) in [5.41, 5.74) is 1.34. The molecule has 0 fully saturated rings. The van der Waals surface area contributed by atoms with E-state index in [1.54, 1.807) is 21.5 Å². The highest BCUT2D eigenvalue weighted by Crippen LogP contribution is 2.18. The number of nitrogens with one attached hydrogen (secondary N) is 1. The molecule has 32 heavy (non-hydrogen) atoms. The molecule has 1 aromatic carbocycles. The van der Waals surface area contributed by atoms with Crippen molar-refractivity contribution in [3.63, 3.8) is 0 Å². The van der Waals surface area contributed by atoms with Crippen molar-refractivity contribution in [1.82, 2.24) is 24.6 Å². The van der Waals surface area contributed by atoms with E-state index in [-0.39, 0.29) is 17.2 Å². The van der Waals surface area contributed by atoms with Crippen LogP contribution in [-0.2, 0) is 17.9 Å². The lowest BCUT2D eigenvalue weighted by Crippen LogP contribution is -2.28. The molecular formula is C23H30ClN5O2S. The molecule has 1 N–H and O–H groups in total. The first kappa shape index (κ1) is 24.3. The van der Waals surface area contributed by atoms with Gasteiger partial charge in [0.15, 0.2) is 5.16 Å². The lowest BCUT2D eigenvalue weighted by atomic mass is 10.2. The minimum Gasteiger partial charge on any atom is -0.355 e. The van der Waals surface area contributed by atoms with E-state index in [9.17, 15) is 9.59 Å². The van der Waals surface area contributed by atoms with E-state index in [1.165, 1.54) is 24.6 Å². The maximum atomic E-state index is 13.1. The Morgan fingerprint density at radius 2 is 1.97 bits per heavy atom. The zero-order chi connectivity index (χ0) is 22.9. The van der Waals surface area contributed by atoms with Gasteiger partial charge in [0.05, 0.1) is 27.4 Å². The van der Waals surface area contributed by atoms with E-state index in [4.69, 9.17) is 11.6 Å². The number of hydrogen-bond donors (Lipinski definition) is 1. The van der Waals surface area contributed by atoms with Gasteiger partial charge in [-0.05, 0) is 31.9 Å². The summed E-state index contributed by atoms with van der Waals surface area (Å²) in [7, 11) is 0. The zero-order valence-corrected chi connectivity index (χ0v) is 20.2. The largest absolute Gasteiger partial charge is 0.355 e.